The van der Waals surface area contributed by atoms with Gasteiger partial charge in [-0.25, -0.2) is 0 Å². The minimum Gasteiger partial charge on any atom is -0.311 e. The van der Waals surface area contributed by atoms with Crippen LogP contribution in [0.4, 0.5) is 0 Å². The Labute approximate surface area is 81.7 Å². The molecule has 0 amide bonds. The first-order valence-electron chi connectivity index (χ1n) is 5.80. The number of hydrogen-bond donors (Lipinski definition) is 1. The largest absolute Gasteiger partial charge is 0.311 e. The summed E-state index contributed by atoms with van der Waals surface area (Å²) in [6.07, 6.45) is 5.65. The van der Waals surface area contributed by atoms with Gasteiger partial charge in [0.15, 0.2) is 0 Å². The van der Waals surface area contributed by atoms with Crippen molar-refractivity contribution in [3.63, 3.8) is 0 Å². The Bertz CT molecular complexity index is 165. The molecule has 1 N–H and O–H groups in total. The van der Waals surface area contributed by atoms with Crippen molar-refractivity contribution >= 4 is 0 Å². The molecule has 2 rings (SSSR count). The van der Waals surface area contributed by atoms with Crippen LogP contribution in [0.25, 0.3) is 0 Å². The van der Waals surface area contributed by atoms with Crippen molar-refractivity contribution in [3.8, 4) is 0 Å². The molecule has 2 fully saturated rings. The van der Waals surface area contributed by atoms with Gasteiger partial charge in [-0.15, -0.1) is 0 Å². The van der Waals surface area contributed by atoms with Crippen LogP contribution in [-0.2, 0) is 0 Å². The predicted molar refractivity (Wildman–Crippen MR) is 55.9 cm³/mol. The summed E-state index contributed by atoms with van der Waals surface area (Å²) >= 11 is 0. The maximum Gasteiger partial charge on any atom is 0.0221 e. The first-order chi connectivity index (χ1) is 6.31. The SMILES string of the molecule is CCC1CNC(C)CN1C1CCC1. The van der Waals surface area contributed by atoms with Crippen molar-refractivity contribution in [1.29, 1.82) is 0 Å². The molecule has 2 atom stereocenters. The van der Waals surface area contributed by atoms with Gasteiger partial charge in [-0.1, -0.05) is 13.3 Å². The molecule has 2 nitrogen and oxygen atoms in total. The Morgan fingerprint density at radius 2 is 2.15 bits per heavy atom. The first kappa shape index (κ1) is 9.47. The average molecular weight is 182 g/mol. The van der Waals surface area contributed by atoms with Crippen LogP contribution < -0.4 is 5.32 Å². The molecule has 0 aromatic rings. The van der Waals surface area contributed by atoms with E-state index in [4.69, 9.17) is 0 Å². The van der Waals surface area contributed by atoms with Gasteiger partial charge in [0.05, 0.1) is 0 Å². The minimum absolute atomic E-state index is 0.698. The quantitative estimate of drug-likeness (QED) is 0.698. The van der Waals surface area contributed by atoms with Gasteiger partial charge in [0.25, 0.3) is 0 Å². The third kappa shape index (κ3) is 1.89. The van der Waals surface area contributed by atoms with Gasteiger partial charge >= 0.3 is 0 Å². The Hall–Kier alpha value is -0.0800. The zero-order valence-corrected chi connectivity index (χ0v) is 8.92. The van der Waals surface area contributed by atoms with Gasteiger partial charge in [0, 0.05) is 31.2 Å². The summed E-state index contributed by atoms with van der Waals surface area (Å²) in [5.41, 5.74) is 0. The van der Waals surface area contributed by atoms with Gasteiger partial charge in [0.2, 0.25) is 0 Å². The summed E-state index contributed by atoms with van der Waals surface area (Å²) in [5, 5.41) is 3.57. The van der Waals surface area contributed by atoms with Crippen LogP contribution in [0.1, 0.15) is 39.5 Å². The lowest BCUT2D eigenvalue weighted by molar-refractivity contribution is 0.0436. The maximum atomic E-state index is 3.57. The number of nitrogens with zero attached hydrogens (tertiary/aromatic N) is 1. The fourth-order valence-electron chi connectivity index (χ4n) is 2.53. The molecule has 2 heteroatoms. The van der Waals surface area contributed by atoms with Crippen LogP contribution in [0, 0.1) is 0 Å². The lowest BCUT2D eigenvalue weighted by Gasteiger charge is -2.47. The molecule has 2 aliphatic rings. The molecule has 0 radical (unpaired) electrons. The number of hydrogen-bond acceptors (Lipinski definition) is 2. The second-order valence-electron chi connectivity index (χ2n) is 4.65. The van der Waals surface area contributed by atoms with Crippen LogP contribution in [0.2, 0.25) is 0 Å². The zero-order chi connectivity index (χ0) is 9.26. The van der Waals surface area contributed by atoms with Crippen molar-refractivity contribution < 1.29 is 0 Å². The fourth-order valence-corrected chi connectivity index (χ4v) is 2.53. The Balaban J connectivity index is 1.94. The second-order valence-corrected chi connectivity index (χ2v) is 4.65. The summed E-state index contributed by atoms with van der Waals surface area (Å²) < 4.78 is 0. The summed E-state index contributed by atoms with van der Waals surface area (Å²) in [5.74, 6) is 0. The topological polar surface area (TPSA) is 15.3 Å². The number of nitrogens with one attached hydrogen (secondary N) is 1. The first-order valence-corrected chi connectivity index (χ1v) is 5.80. The molecule has 2 unspecified atom stereocenters. The predicted octanol–water partition coefficient (Wildman–Crippen LogP) is 1.61. The molecule has 1 saturated carbocycles. The molecule has 0 spiro atoms. The molecule has 0 bridgehead atoms. The maximum absolute atomic E-state index is 3.57. The van der Waals surface area contributed by atoms with Crippen LogP contribution in [0.15, 0.2) is 0 Å². The molecule has 0 aromatic heterocycles. The molecular weight excluding hydrogens is 160 g/mol. The van der Waals surface area contributed by atoms with Crippen LogP contribution in [-0.4, -0.2) is 36.1 Å². The normalized spacial score (nSPS) is 37.4. The summed E-state index contributed by atoms with van der Waals surface area (Å²) in [6, 6.07) is 2.43. The lowest BCUT2D eigenvalue weighted by Crippen LogP contribution is -2.59. The van der Waals surface area contributed by atoms with E-state index in [9.17, 15) is 0 Å². The summed E-state index contributed by atoms with van der Waals surface area (Å²) in [6.45, 7) is 7.09. The van der Waals surface area contributed by atoms with Crippen LogP contribution >= 0.6 is 0 Å². The Kier molecular flexibility index (Phi) is 2.89. The van der Waals surface area contributed by atoms with Crippen molar-refractivity contribution in [2.75, 3.05) is 13.1 Å². The van der Waals surface area contributed by atoms with E-state index in [-0.39, 0.29) is 0 Å². The van der Waals surface area contributed by atoms with E-state index in [1.165, 1.54) is 38.8 Å². The molecule has 13 heavy (non-hydrogen) atoms. The minimum atomic E-state index is 0.698. The molecule has 0 aromatic carbocycles. The molecule has 1 aliphatic heterocycles. The molecule has 1 aliphatic carbocycles. The molecule has 76 valence electrons. The van der Waals surface area contributed by atoms with Crippen molar-refractivity contribution in [2.24, 2.45) is 0 Å². The number of piperazine rings is 1. The van der Waals surface area contributed by atoms with Gasteiger partial charge < -0.3 is 5.32 Å². The van der Waals surface area contributed by atoms with Crippen molar-refractivity contribution in [1.82, 2.24) is 10.2 Å². The molecular formula is C11H22N2. The van der Waals surface area contributed by atoms with Gasteiger partial charge in [-0.3, -0.25) is 4.90 Å². The highest BCUT2D eigenvalue weighted by atomic mass is 15.3. The van der Waals surface area contributed by atoms with Gasteiger partial charge in [0.1, 0.15) is 0 Å². The Morgan fingerprint density at radius 1 is 1.38 bits per heavy atom. The third-order valence-corrected chi connectivity index (χ3v) is 3.67. The summed E-state index contributed by atoms with van der Waals surface area (Å²) in [7, 11) is 0. The van der Waals surface area contributed by atoms with E-state index in [1.807, 2.05) is 0 Å². The van der Waals surface area contributed by atoms with Crippen molar-refractivity contribution in [3.05, 3.63) is 0 Å². The molecule has 1 heterocycles. The van der Waals surface area contributed by atoms with E-state index < -0.39 is 0 Å². The smallest absolute Gasteiger partial charge is 0.0221 e. The lowest BCUT2D eigenvalue weighted by atomic mass is 9.88. The summed E-state index contributed by atoms with van der Waals surface area (Å²) in [4.78, 5) is 2.75. The third-order valence-electron chi connectivity index (χ3n) is 3.67. The van der Waals surface area contributed by atoms with Crippen LogP contribution in [0.5, 0.6) is 0 Å². The van der Waals surface area contributed by atoms with E-state index in [1.54, 1.807) is 0 Å². The highest BCUT2D eigenvalue weighted by Crippen LogP contribution is 2.28. The van der Waals surface area contributed by atoms with Crippen molar-refractivity contribution in [2.45, 2.75) is 57.7 Å². The van der Waals surface area contributed by atoms with Crippen LogP contribution in [0.3, 0.4) is 0 Å². The standard InChI is InChI=1S/C11H22N2/c1-3-10-7-12-9(2)8-13(10)11-5-4-6-11/h9-12H,3-8H2,1-2H3. The highest BCUT2D eigenvalue weighted by molar-refractivity contribution is 4.90. The van der Waals surface area contributed by atoms with Gasteiger partial charge in [-0.2, -0.15) is 0 Å². The highest BCUT2D eigenvalue weighted by Gasteiger charge is 2.32. The monoisotopic (exact) mass is 182 g/mol. The van der Waals surface area contributed by atoms with E-state index in [0.29, 0.717) is 6.04 Å². The van der Waals surface area contributed by atoms with E-state index >= 15 is 0 Å². The van der Waals surface area contributed by atoms with Gasteiger partial charge in [-0.05, 0) is 26.2 Å². The van der Waals surface area contributed by atoms with E-state index in [0.717, 1.165) is 12.1 Å². The Morgan fingerprint density at radius 3 is 2.69 bits per heavy atom. The average Bonchev–Trinajstić information content (AvgIpc) is 2.02. The molecule has 1 saturated heterocycles. The fraction of sp³-hybridized carbons (Fsp3) is 1.00. The second kappa shape index (κ2) is 3.97. The van der Waals surface area contributed by atoms with E-state index in [2.05, 4.69) is 24.1 Å². The zero-order valence-electron chi connectivity index (χ0n) is 8.92. The number of rotatable bonds is 2.